The van der Waals surface area contributed by atoms with Crippen molar-refractivity contribution in [3.63, 3.8) is 0 Å². The first-order valence-electron chi connectivity index (χ1n) is 7.28. The molecule has 6 heteroatoms. The molecule has 0 fully saturated rings. The maximum Gasteiger partial charge on any atom is 0.230 e. The molecule has 0 aliphatic heterocycles. The van der Waals surface area contributed by atoms with Crippen LogP contribution in [0.25, 0.3) is 22.0 Å². The van der Waals surface area contributed by atoms with Crippen LogP contribution in [0.4, 0.5) is 0 Å². The molecular formula is C17H19NO5. The van der Waals surface area contributed by atoms with Gasteiger partial charge in [-0.25, -0.2) is 4.98 Å². The van der Waals surface area contributed by atoms with Gasteiger partial charge in [-0.3, -0.25) is 0 Å². The topological polar surface area (TPSA) is 85.0 Å². The lowest BCUT2D eigenvalue weighted by atomic mass is 10.0. The van der Waals surface area contributed by atoms with E-state index in [0.717, 1.165) is 16.3 Å². The summed E-state index contributed by atoms with van der Waals surface area (Å²) in [6.45, 7) is 3.05. The van der Waals surface area contributed by atoms with Gasteiger partial charge in [-0.2, -0.15) is 0 Å². The zero-order valence-corrected chi connectivity index (χ0v) is 13.2. The average Bonchev–Trinajstić information content (AvgIpc) is 2.97. The molecule has 0 spiro atoms. The second kappa shape index (κ2) is 5.72. The standard InChI is InChI=1S/C17H19NO5/c1-17(2,20)14(19)9-23-10-4-5-13-12(8-10)15(21-3)11-6-7-22-16(11)18-13/h4-8,14,19-20H,9H2,1-3H3. The molecule has 3 aromatic rings. The van der Waals surface area contributed by atoms with Crippen LogP contribution >= 0.6 is 0 Å². The van der Waals surface area contributed by atoms with Crippen molar-refractivity contribution in [1.82, 2.24) is 4.98 Å². The fraction of sp³-hybridized carbons (Fsp3) is 0.353. The molecule has 0 radical (unpaired) electrons. The first-order chi connectivity index (χ1) is 10.9. The summed E-state index contributed by atoms with van der Waals surface area (Å²) in [4.78, 5) is 4.43. The Kier molecular flexibility index (Phi) is 3.87. The number of aromatic nitrogens is 1. The Balaban J connectivity index is 1.96. The smallest absolute Gasteiger partial charge is 0.230 e. The highest BCUT2D eigenvalue weighted by molar-refractivity contribution is 5.99. The highest BCUT2D eigenvalue weighted by Gasteiger charge is 2.25. The Labute approximate surface area is 133 Å². The molecule has 0 saturated heterocycles. The second-order valence-electron chi connectivity index (χ2n) is 5.94. The monoisotopic (exact) mass is 317 g/mol. The number of furan rings is 1. The van der Waals surface area contributed by atoms with Crippen molar-refractivity contribution in [3.05, 3.63) is 30.5 Å². The van der Waals surface area contributed by atoms with E-state index in [1.807, 2.05) is 0 Å². The zero-order valence-electron chi connectivity index (χ0n) is 13.2. The molecule has 0 saturated carbocycles. The number of nitrogens with zero attached hydrogens (tertiary/aromatic N) is 1. The van der Waals surface area contributed by atoms with Crippen LogP contribution < -0.4 is 9.47 Å². The van der Waals surface area contributed by atoms with Gasteiger partial charge in [-0.05, 0) is 38.1 Å². The van der Waals surface area contributed by atoms with Gasteiger partial charge in [0.25, 0.3) is 0 Å². The zero-order chi connectivity index (χ0) is 16.6. The predicted octanol–water partition coefficient (Wildman–Crippen LogP) is 2.50. The third-order valence-corrected chi connectivity index (χ3v) is 3.75. The van der Waals surface area contributed by atoms with Crippen LogP contribution in [-0.4, -0.2) is 40.6 Å². The van der Waals surface area contributed by atoms with Crippen LogP contribution in [0.2, 0.25) is 0 Å². The van der Waals surface area contributed by atoms with E-state index in [4.69, 9.17) is 13.9 Å². The van der Waals surface area contributed by atoms with E-state index < -0.39 is 11.7 Å². The molecule has 2 aromatic heterocycles. The first kappa shape index (κ1) is 15.6. The van der Waals surface area contributed by atoms with E-state index in [2.05, 4.69) is 4.98 Å². The summed E-state index contributed by atoms with van der Waals surface area (Å²) in [6.07, 6.45) is 0.575. The van der Waals surface area contributed by atoms with Gasteiger partial charge in [-0.1, -0.05) is 0 Å². The Morgan fingerprint density at radius 3 is 2.74 bits per heavy atom. The Morgan fingerprint density at radius 1 is 1.26 bits per heavy atom. The molecule has 2 heterocycles. The molecule has 3 rings (SSSR count). The summed E-state index contributed by atoms with van der Waals surface area (Å²) >= 11 is 0. The number of hydrogen-bond donors (Lipinski definition) is 2. The summed E-state index contributed by atoms with van der Waals surface area (Å²) in [7, 11) is 1.59. The van der Waals surface area contributed by atoms with Crippen molar-refractivity contribution in [3.8, 4) is 11.5 Å². The molecule has 122 valence electrons. The summed E-state index contributed by atoms with van der Waals surface area (Å²) in [6, 6.07) is 7.14. The molecule has 0 bridgehead atoms. The molecule has 0 aliphatic carbocycles. The number of rotatable bonds is 5. The first-order valence-corrected chi connectivity index (χ1v) is 7.28. The molecule has 2 N–H and O–H groups in total. The number of hydrogen-bond acceptors (Lipinski definition) is 6. The van der Waals surface area contributed by atoms with Crippen molar-refractivity contribution in [2.45, 2.75) is 25.6 Å². The number of benzene rings is 1. The minimum Gasteiger partial charge on any atom is -0.495 e. The van der Waals surface area contributed by atoms with Crippen molar-refractivity contribution in [1.29, 1.82) is 0 Å². The van der Waals surface area contributed by atoms with Gasteiger partial charge in [0.1, 0.15) is 24.2 Å². The molecule has 0 aliphatic rings. The van der Waals surface area contributed by atoms with E-state index in [9.17, 15) is 10.2 Å². The highest BCUT2D eigenvalue weighted by atomic mass is 16.5. The van der Waals surface area contributed by atoms with Crippen molar-refractivity contribution in [2.24, 2.45) is 0 Å². The number of fused-ring (bicyclic) bond motifs is 2. The molecule has 1 atom stereocenters. The number of aliphatic hydroxyl groups excluding tert-OH is 1. The molecule has 0 amide bonds. The van der Waals surface area contributed by atoms with Gasteiger partial charge in [-0.15, -0.1) is 0 Å². The summed E-state index contributed by atoms with van der Waals surface area (Å²) in [5, 5.41) is 21.2. The van der Waals surface area contributed by atoms with Crippen molar-refractivity contribution >= 4 is 22.0 Å². The number of pyridine rings is 1. The quantitative estimate of drug-likeness (QED) is 0.752. The Bertz CT molecular complexity index is 834. The minimum atomic E-state index is -1.22. The van der Waals surface area contributed by atoms with Crippen LogP contribution in [0, 0.1) is 0 Å². The summed E-state index contributed by atoms with van der Waals surface area (Å²) in [5.41, 5.74) is 0.0131. The lowest BCUT2D eigenvalue weighted by Crippen LogP contribution is -2.40. The average molecular weight is 317 g/mol. The largest absolute Gasteiger partial charge is 0.495 e. The Morgan fingerprint density at radius 2 is 2.04 bits per heavy atom. The SMILES string of the molecule is COc1c2cc(OCC(O)C(C)(C)O)ccc2nc2occc12. The van der Waals surface area contributed by atoms with Gasteiger partial charge in [0.2, 0.25) is 5.71 Å². The van der Waals surface area contributed by atoms with Crippen LogP contribution in [0.1, 0.15) is 13.8 Å². The molecule has 23 heavy (non-hydrogen) atoms. The summed E-state index contributed by atoms with van der Waals surface area (Å²) in [5.74, 6) is 1.22. The lowest BCUT2D eigenvalue weighted by Gasteiger charge is -2.24. The van der Waals surface area contributed by atoms with Crippen molar-refractivity contribution < 1.29 is 24.1 Å². The number of aliphatic hydroxyl groups is 2. The molecule has 1 aromatic carbocycles. The van der Waals surface area contributed by atoms with Crippen LogP contribution in [-0.2, 0) is 0 Å². The maximum absolute atomic E-state index is 9.85. The van der Waals surface area contributed by atoms with E-state index in [-0.39, 0.29) is 6.61 Å². The lowest BCUT2D eigenvalue weighted by molar-refractivity contribution is -0.0661. The minimum absolute atomic E-state index is 0.0152. The predicted molar refractivity (Wildman–Crippen MR) is 85.9 cm³/mol. The van der Waals surface area contributed by atoms with Gasteiger partial charge in [0.15, 0.2) is 0 Å². The highest BCUT2D eigenvalue weighted by Crippen LogP contribution is 2.35. The van der Waals surface area contributed by atoms with Crippen molar-refractivity contribution in [2.75, 3.05) is 13.7 Å². The number of ether oxygens (including phenoxy) is 2. The van der Waals surface area contributed by atoms with E-state index in [0.29, 0.717) is 17.2 Å². The fourth-order valence-corrected chi connectivity index (χ4v) is 2.30. The van der Waals surface area contributed by atoms with Gasteiger partial charge in [0, 0.05) is 5.39 Å². The third-order valence-electron chi connectivity index (χ3n) is 3.75. The second-order valence-corrected chi connectivity index (χ2v) is 5.94. The van der Waals surface area contributed by atoms with Gasteiger partial charge in [0.05, 0.1) is 29.9 Å². The number of methoxy groups -OCH3 is 1. The molecule has 6 nitrogen and oxygen atoms in total. The Hall–Kier alpha value is -2.31. The normalized spacial score (nSPS) is 13.4. The van der Waals surface area contributed by atoms with E-state index >= 15 is 0 Å². The van der Waals surface area contributed by atoms with Gasteiger partial charge >= 0.3 is 0 Å². The van der Waals surface area contributed by atoms with Crippen LogP contribution in [0.3, 0.4) is 0 Å². The summed E-state index contributed by atoms with van der Waals surface area (Å²) < 4.78 is 16.4. The van der Waals surface area contributed by atoms with E-state index in [1.165, 1.54) is 13.8 Å². The fourth-order valence-electron chi connectivity index (χ4n) is 2.30. The van der Waals surface area contributed by atoms with E-state index in [1.54, 1.807) is 37.6 Å². The van der Waals surface area contributed by atoms with Crippen LogP contribution in [0.15, 0.2) is 34.9 Å². The maximum atomic E-state index is 9.85. The van der Waals surface area contributed by atoms with Crippen LogP contribution in [0.5, 0.6) is 11.5 Å². The third kappa shape index (κ3) is 2.95. The molecule has 1 unspecified atom stereocenters. The van der Waals surface area contributed by atoms with Gasteiger partial charge < -0.3 is 24.1 Å². The molecular weight excluding hydrogens is 298 g/mol.